The van der Waals surface area contributed by atoms with Gasteiger partial charge in [0.15, 0.2) is 0 Å². The molecule has 0 fully saturated rings. The second kappa shape index (κ2) is 6.50. The molecule has 0 aliphatic carbocycles. The van der Waals surface area contributed by atoms with Crippen LogP contribution in [0.1, 0.15) is 5.56 Å². The topological polar surface area (TPSA) is 69.6 Å². The van der Waals surface area contributed by atoms with Gasteiger partial charge in [-0.25, -0.2) is 0 Å². The van der Waals surface area contributed by atoms with Crippen molar-refractivity contribution in [2.75, 3.05) is 7.11 Å². The zero-order chi connectivity index (χ0) is 10.6. The Morgan fingerprint density at radius 1 is 1.40 bits per heavy atom. The summed E-state index contributed by atoms with van der Waals surface area (Å²) in [4.78, 5) is 10.4. The van der Waals surface area contributed by atoms with E-state index in [1.807, 2.05) is 0 Å². The molecule has 0 bridgehead atoms. The number of carbonyl (C=O) groups excluding carboxylic acids is 1. The Labute approximate surface area is 109 Å². The number of aromatic hydroxyl groups is 1. The maximum atomic E-state index is 10.4. The Balaban J connectivity index is 0.00000196. The molecule has 1 N–H and O–H groups in total. The van der Waals surface area contributed by atoms with Crippen LogP contribution < -0.4 is 34.7 Å². The first-order valence-corrected chi connectivity index (χ1v) is 3.89. The van der Waals surface area contributed by atoms with Crippen LogP contribution in [0.3, 0.4) is 0 Å². The Morgan fingerprint density at radius 2 is 1.93 bits per heavy atom. The van der Waals surface area contributed by atoms with Crippen LogP contribution >= 0.6 is 0 Å². The number of benzene rings is 1. The Bertz CT molecular complexity index is 356. The molecule has 15 heavy (non-hydrogen) atoms. The van der Waals surface area contributed by atoms with Gasteiger partial charge < -0.3 is 19.7 Å². The van der Waals surface area contributed by atoms with Crippen molar-refractivity contribution in [3.63, 3.8) is 0 Å². The molecule has 0 saturated carbocycles. The molecule has 0 spiro atoms. The zero-order valence-corrected chi connectivity index (χ0v) is 10.6. The van der Waals surface area contributed by atoms with E-state index in [0.29, 0.717) is 5.56 Å². The van der Waals surface area contributed by atoms with E-state index in [1.165, 1.54) is 25.3 Å². The van der Waals surface area contributed by atoms with Crippen LogP contribution in [0.25, 0.3) is 6.08 Å². The number of hydrogen-bond acceptors (Lipinski definition) is 4. The van der Waals surface area contributed by atoms with E-state index in [1.54, 1.807) is 12.1 Å². The molecule has 0 aliphatic rings. The van der Waals surface area contributed by atoms with Gasteiger partial charge in [0.1, 0.15) is 17.5 Å². The van der Waals surface area contributed by atoms with Crippen molar-refractivity contribution < 1.29 is 49.3 Å². The molecule has 0 atom stereocenters. The smallest absolute Gasteiger partial charge is 0.542 e. The van der Waals surface area contributed by atoms with Gasteiger partial charge in [0.25, 0.3) is 0 Å². The fourth-order valence-corrected chi connectivity index (χ4v) is 0.923. The monoisotopic (exact) mass is 216 g/mol. The van der Waals surface area contributed by atoms with E-state index >= 15 is 0 Å². The van der Waals surface area contributed by atoms with E-state index < -0.39 is 5.97 Å². The average Bonchev–Trinajstić information content (AvgIpc) is 2.16. The number of phenolic OH excluding ortho intramolecular Hbond substituents is 1. The predicted molar refractivity (Wildman–Crippen MR) is 48.1 cm³/mol. The van der Waals surface area contributed by atoms with Gasteiger partial charge in [0, 0.05) is 0 Å². The molecule has 4 nitrogen and oxygen atoms in total. The Morgan fingerprint density at radius 3 is 2.33 bits per heavy atom. The maximum Gasteiger partial charge on any atom is 1.00 e. The molecule has 1 aromatic rings. The quantitative estimate of drug-likeness (QED) is 0.335. The van der Waals surface area contributed by atoms with Crippen LogP contribution in [0.4, 0.5) is 0 Å². The van der Waals surface area contributed by atoms with Gasteiger partial charge in [-0.2, -0.15) is 0 Å². The molecule has 0 saturated heterocycles. The summed E-state index contributed by atoms with van der Waals surface area (Å²) in [5, 5.41) is 19.4. The molecule has 0 amide bonds. The molecule has 1 rings (SSSR count). The van der Waals surface area contributed by atoms with Crippen LogP contribution in [0.15, 0.2) is 30.0 Å². The molecule has 0 heterocycles. The van der Waals surface area contributed by atoms with Crippen LogP contribution in [-0.4, -0.2) is 18.2 Å². The summed E-state index contributed by atoms with van der Waals surface area (Å²) < 4.78 is 4.58. The van der Waals surface area contributed by atoms with E-state index in [2.05, 4.69) is 4.74 Å². The molecule has 0 unspecified atom stereocenters. The minimum Gasteiger partial charge on any atom is -0.542 e. The van der Waals surface area contributed by atoms with Crippen LogP contribution in [0.2, 0.25) is 0 Å². The van der Waals surface area contributed by atoms with Crippen molar-refractivity contribution >= 4 is 12.0 Å². The summed E-state index contributed by atoms with van der Waals surface area (Å²) in [7, 11) is 1.25. The van der Waals surface area contributed by atoms with Gasteiger partial charge in [-0.3, -0.25) is 0 Å². The molecule has 0 radical (unpaired) electrons. The van der Waals surface area contributed by atoms with Crippen molar-refractivity contribution in [3.05, 3.63) is 35.6 Å². The standard InChI is InChI=1S/C10H10O4.Na/c1-14-9(10(12)13)6-7-2-4-8(11)5-3-7;/h2-6,11H,1H3,(H,12,13);/q;+1/p-1. The maximum absolute atomic E-state index is 10.4. The third kappa shape index (κ3) is 4.38. The SMILES string of the molecule is COC(=Cc1ccc(O)cc1)C(=O)[O-].[Na+]. The number of carboxylic acids is 1. The van der Waals surface area contributed by atoms with Crippen molar-refractivity contribution in [3.8, 4) is 5.75 Å². The molecule has 5 heteroatoms. The van der Waals surface area contributed by atoms with Crippen molar-refractivity contribution in [1.29, 1.82) is 0 Å². The number of hydrogen-bond donors (Lipinski definition) is 1. The summed E-state index contributed by atoms with van der Waals surface area (Å²) in [6.07, 6.45) is 1.31. The first kappa shape index (κ1) is 14.0. The van der Waals surface area contributed by atoms with Gasteiger partial charge in [-0.05, 0) is 23.8 Å². The Hall–Kier alpha value is -0.970. The number of ether oxygens (including phenoxy) is 1. The number of methoxy groups -OCH3 is 1. The summed E-state index contributed by atoms with van der Waals surface area (Å²) in [5.41, 5.74) is 0.615. The molecule has 74 valence electrons. The summed E-state index contributed by atoms with van der Waals surface area (Å²) >= 11 is 0. The van der Waals surface area contributed by atoms with Gasteiger partial charge in [-0.1, -0.05) is 12.1 Å². The summed E-state index contributed by atoms with van der Waals surface area (Å²) in [6.45, 7) is 0. The van der Waals surface area contributed by atoms with E-state index in [-0.39, 0.29) is 41.1 Å². The second-order valence-corrected chi connectivity index (χ2v) is 2.59. The molecule has 0 aliphatic heterocycles. The first-order valence-electron chi connectivity index (χ1n) is 3.89. The fourth-order valence-electron chi connectivity index (χ4n) is 0.923. The van der Waals surface area contributed by atoms with Crippen LogP contribution in [0.5, 0.6) is 5.75 Å². The van der Waals surface area contributed by atoms with Crippen molar-refractivity contribution in [2.45, 2.75) is 0 Å². The van der Waals surface area contributed by atoms with Crippen molar-refractivity contribution in [2.24, 2.45) is 0 Å². The van der Waals surface area contributed by atoms with Gasteiger partial charge >= 0.3 is 29.6 Å². The largest absolute Gasteiger partial charge is 1.00 e. The third-order valence-corrected chi connectivity index (χ3v) is 1.61. The molecular formula is C10H9NaO4. The van der Waals surface area contributed by atoms with Crippen LogP contribution in [0, 0.1) is 0 Å². The first-order chi connectivity index (χ1) is 6.63. The minimum absolute atomic E-state index is 0. The molecule has 1 aromatic carbocycles. The normalized spacial score (nSPS) is 10.3. The van der Waals surface area contributed by atoms with Gasteiger partial charge in [-0.15, -0.1) is 0 Å². The number of carboxylic acid groups (broad SMARTS) is 1. The van der Waals surface area contributed by atoms with Crippen LogP contribution in [-0.2, 0) is 9.53 Å². The minimum atomic E-state index is -1.37. The number of carbonyl (C=O) groups is 1. The van der Waals surface area contributed by atoms with Gasteiger partial charge in [0.2, 0.25) is 0 Å². The average molecular weight is 216 g/mol. The number of rotatable bonds is 3. The number of phenols is 1. The third-order valence-electron chi connectivity index (χ3n) is 1.61. The summed E-state index contributed by atoms with van der Waals surface area (Å²) in [6, 6.07) is 6.04. The van der Waals surface area contributed by atoms with E-state index in [0.717, 1.165) is 0 Å². The molecule has 0 aromatic heterocycles. The second-order valence-electron chi connectivity index (χ2n) is 2.59. The van der Waals surface area contributed by atoms with E-state index in [4.69, 9.17) is 5.11 Å². The molecular weight excluding hydrogens is 207 g/mol. The fraction of sp³-hybridized carbons (Fsp3) is 0.100. The Kier molecular flexibility index (Phi) is 6.08. The van der Waals surface area contributed by atoms with Gasteiger partial charge in [0.05, 0.1) is 7.11 Å². The van der Waals surface area contributed by atoms with Crippen molar-refractivity contribution in [1.82, 2.24) is 0 Å². The van der Waals surface area contributed by atoms with E-state index in [9.17, 15) is 9.90 Å². The summed E-state index contributed by atoms with van der Waals surface area (Å²) in [5.74, 6) is -1.51. The number of aliphatic carboxylic acids is 1. The zero-order valence-electron chi connectivity index (χ0n) is 8.56. The predicted octanol–water partition coefficient (Wildman–Crippen LogP) is -2.87.